The molecule has 0 bridgehead atoms. The summed E-state index contributed by atoms with van der Waals surface area (Å²) in [6.07, 6.45) is 3.37. The monoisotopic (exact) mass is 424 g/mol. The number of nitrogens with zero attached hydrogens (tertiary/aromatic N) is 3. The van der Waals surface area contributed by atoms with Crippen LogP contribution < -0.4 is 10.2 Å². The highest BCUT2D eigenvalue weighted by Crippen LogP contribution is 2.15. The van der Waals surface area contributed by atoms with Crippen LogP contribution >= 0.6 is 0 Å². The number of benzene rings is 1. The molecule has 0 radical (unpaired) electrons. The molecule has 3 rings (SSSR count). The largest absolute Gasteiger partial charge is 0.462 e. The average Bonchev–Trinajstić information content (AvgIpc) is 3.01. The van der Waals surface area contributed by atoms with Crippen LogP contribution in [0.5, 0.6) is 0 Å². The Balaban J connectivity index is 1.43. The van der Waals surface area contributed by atoms with Gasteiger partial charge in [0, 0.05) is 38.9 Å². The van der Waals surface area contributed by atoms with Crippen LogP contribution in [0.2, 0.25) is 0 Å². The van der Waals surface area contributed by atoms with Crippen molar-refractivity contribution >= 4 is 17.7 Å². The summed E-state index contributed by atoms with van der Waals surface area (Å²) in [5, 5.41) is 3.05. The number of carbonyl (C=O) groups excluding carboxylic acids is 2. The molecule has 1 aliphatic heterocycles. The number of rotatable bonds is 8. The van der Waals surface area contributed by atoms with Crippen molar-refractivity contribution in [3.63, 3.8) is 0 Å². The van der Waals surface area contributed by atoms with E-state index in [0.29, 0.717) is 25.3 Å². The molecule has 7 nitrogen and oxygen atoms in total. The Morgan fingerprint density at radius 1 is 1.10 bits per heavy atom. The number of amides is 1. The Hall–Kier alpha value is -2.93. The molecule has 0 atom stereocenters. The van der Waals surface area contributed by atoms with Crippen molar-refractivity contribution in [3.8, 4) is 0 Å². The van der Waals surface area contributed by atoms with E-state index in [4.69, 9.17) is 4.74 Å². The lowest BCUT2D eigenvalue weighted by molar-refractivity contribution is -0.122. The molecule has 1 saturated heterocycles. The van der Waals surface area contributed by atoms with E-state index >= 15 is 0 Å². The van der Waals surface area contributed by atoms with Gasteiger partial charge in [-0.15, -0.1) is 0 Å². The lowest BCUT2D eigenvalue weighted by Gasteiger charge is -2.22. The second-order valence-corrected chi connectivity index (χ2v) is 7.77. The van der Waals surface area contributed by atoms with E-state index in [-0.39, 0.29) is 11.9 Å². The molecule has 0 aliphatic carbocycles. The minimum atomic E-state index is -0.350. The SMILES string of the molecule is CCOC(=O)c1ccc(N2CCCN(CC(=O)NCCc3ccccc3C)CC2)nc1. The van der Waals surface area contributed by atoms with Gasteiger partial charge in [0.05, 0.1) is 18.7 Å². The summed E-state index contributed by atoms with van der Waals surface area (Å²) in [5.41, 5.74) is 2.99. The minimum Gasteiger partial charge on any atom is -0.462 e. The van der Waals surface area contributed by atoms with E-state index in [1.54, 1.807) is 19.2 Å². The number of aromatic nitrogens is 1. The molecule has 1 aromatic carbocycles. The highest BCUT2D eigenvalue weighted by atomic mass is 16.5. The third kappa shape index (κ3) is 6.79. The summed E-state index contributed by atoms with van der Waals surface area (Å²) in [6, 6.07) is 11.9. The molecule has 0 unspecified atom stereocenters. The Morgan fingerprint density at radius 3 is 2.68 bits per heavy atom. The first kappa shape index (κ1) is 22.7. The number of hydrogen-bond donors (Lipinski definition) is 1. The molecule has 1 N–H and O–H groups in total. The molecular weight excluding hydrogens is 392 g/mol. The van der Waals surface area contributed by atoms with E-state index in [0.717, 1.165) is 44.8 Å². The molecule has 1 amide bonds. The van der Waals surface area contributed by atoms with Crippen molar-refractivity contribution in [2.75, 3.05) is 50.8 Å². The number of anilines is 1. The molecule has 0 saturated carbocycles. The van der Waals surface area contributed by atoms with Gasteiger partial charge in [0.2, 0.25) is 5.91 Å². The molecule has 31 heavy (non-hydrogen) atoms. The van der Waals surface area contributed by atoms with Crippen LogP contribution in [-0.4, -0.2) is 67.6 Å². The quantitative estimate of drug-likeness (QED) is 0.656. The number of esters is 1. The Labute approximate surface area is 184 Å². The molecular formula is C24H32N4O3. The maximum Gasteiger partial charge on any atom is 0.339 e. The fourth-order valence-corrected chi connectivity index (χ4v) is 3.75. The lowest BCUT2D eigenvalue weighted by Crippen LogP contribution is -2.40. The van der Waals surface area contributed by atoms with Crippen LogP contribution in [0.4, 0.5) is 5.82 Å². The van der Waals surface area contributed by atoms with Crippen LogP contribution in [0.3, 0.4) is 0 Å². The van der Waals surface area contributed by atoms with Gasteiger partial charge in [0.15, 0.2) is 0 Å². The molecule has 1 aliphatic rings. The minimum absolute atomic E-state index is 0.0685. The molecule has 1 fully saturated rings. The van der Waals surface area contributed by atoms with Gasteiger partial charge in [-0.25, -0.2) is 9.78 Å². The first-order valence-electron chi connectivity index (χ1n) is 11.0. The van der Waals surface area contributed by atoms with Gasteiger partial charge in [-0.2, -0.15) is 0 Å². The zero-order valence-electron chi connectivity index (χ0n) is 18.5. The molecule has 0 spiro atoms. The van der Waals surface area contributed by atoms with Gasteiger partial charge < -0.3 is 15.0 Å². The van der Waals surface area contributed by atoms with Crippen LogP contribution in [0.25, 0.3) is 0 Å². The van der Waals surface area contributed by atoms with Gasteiger partial charge in [0.25, 0.3) is 0 Å². The first-order valence-corrected chi connectivity index (χ1v) is 11.0. The average molecular weight is 425 g/mol. The number of ether oxygens (including phenoxy) is 1. The van der Waals surface area contributed by atoms with Gasteiger partial charge in [-0.1, -0.05) is 24.3 Å². The van der Waals surface area contributed by atoms with Gasteiger partial charge in [-0.05, 0) is 49.9 Å². The fourth-order valence-electron chi connectivity index (χ4n) is 3.75. The summed E-state index contributed by atoms with van der Waals surface area (Å²) in [5.74, 6) is 0.563. The molecule has 1 aromatic heterocycles. The van der Waals surface area contributed by atoms with E-state index in [2.05, 4.69) is 39.2 Å². The van der Waals surface area contributed by atoms with Crippen LogP contribution in [0.1, 0.15) is 34.8 Å². The third-order valence-electron chi connectivity index (χ3n) is 5.52. The van der Waals surface area contributed by atoms with Crippen molar-refractivity contribution in [1.29, 1.82) is 0 Å². The topological polar surface area (TPSA) is 74.8 Å². The van der Waals surface area contributed by atoms with Gasteiger partial charge in [0.1, 0.15) is 5.82 Å². The Kier molecular flexibility index (Phi) is 8.41. The number of pyridine rings is 1. The van der Waals surface area contributed by atoms with Crippen molar-refractivity contribution < 1.29 is 14.3 Å². The predicted octanol–water partition coefficient (Wildman–Crippen LogP) is 2.44. The van der Waals surface area contributed by atoms with Crippen LogP contribution in [-0.2, 0) is 16.0 Å². The Bertz CT molecular complexity index is 869. The van der Waals surface area contributed by atoms with Crippen molar-refractivity contribution in [3.05, 3.63) is 59.3 Å². The second-order valence-electron chi connectivity index (χ2n) is 7.77. The number of aryl methyl sites for hydroxylation is 1. The number of carbonyl (C=O) groups is 2. The lowest BCUT2D eigenvalue weighted by atomic mass is 10.1. The predicted molar refractivity (Wildman–Crippen MR) is 121 cm³/mol. The van der Waals surface area contributed by atoms with E-state index in [9.17, 15) is 9.59 Å². The van der Waals surface area contributed by atoms with E-state index in [1.807, 2.05) is 18.2 Å². The maximum atomic E-state index is 12.4. The van der Waals surface area contributed by atoms with Gasteiger partial charge >= 0.3 is 5.97 Å². The highest BCUT2D eigenvalue weighted by molar-refractivity contribution is 5.89. The van der Waals surface area contributed by atoms with Crippen molar-refractivity contribution in [2.45, 2.75) is 26.7 Å². The third-order valence-corrected chi connectivity index (χ3v) is 5.52. The summed E-state index contributed by atoms with van der Waals surface area (Å²) < 4.78 is 5.01. The zero-order valence-corrected chi connectivity index (χ0v) is 18.5. The summed E-state index contributed by atoms with van der Waals surface area (Å²) >= 11 is 0. The molecule has 7 heteroatoms. The smallest absolute Gasteiger partial charge is 0.339 e. The van der Waals surface area contributed by atoms with E-state index < -0.39 is 0 Å². The highest BCUT2D eigenvalue weighted by Gasteiger charge is 2.18. The second kappa shape index (κ2) is 11.5. The summed E-state index contributed by atoms with van der Waals surface area (Å²) in [4.78, 5) is 33.0. The van der Waals surface area contributed by atoms with Crippen LogP contribution in [0, 0.1) is 6.92 Å². The van der Waals surface area contributed by atoms with Gasteiger partial charge in [-0.3, -0.25) is 9.69 Å². The van der Waals surface area contributed by atoms with E-state index in [1.165, 1.54) is 11.1 Å². The molecule has 166 valence electrons. The Morgan fingerprint density at radius 2 is 1.94 bits per heavy atom. The van der Waals surface area contributed by atoms with Crippen LogP contribution in [0.15, 0.2) is 42.6 Å². The normalized spacial score (nSPS) is 14.7. The van der Waals surface area contributed by atoms with Crippen molar-refractivity contribution in [2.24, 2.45) is 0 Å². The molecule has 2 aromatic rings. The maximum absolute atomic E-state index is 12.4. The summed E-state index contributed by atoms with van der Waals surface area (Å²) in [7, 11) is 0. The fraction of sp³-hybridized carbons (Fsp3) is 0.458. The number of nitrogens with one attached hydrogen (secondary N) is 1. The summed E-state index contributed by atoms with van der Waals surface area (Å²) in [6.45, 7) is 8.64. The first-order chi connectivity index (χ1) is 15.1. The van der Waals surface area contributed by atoms with Crippen molar-refractivity contribution in [1.82, 2.24) is 15.2 Å². The standard InChI is InChI=1S/C24H32N4O3/c1-3-31-24(30)21-9-10-22(26-17-21)28-14-6-13-27(15-16-28)18-23(29)25-12-11-20-8-5-4-7-19(20)2/h4-5,7-10,17H,3,6,11-16,18H2,1-2H3,(H,25,29). The molecule has 2 heterocycles. The number of hydrogen-bond acceptors (Lipinski definition) is 6. The zero-order chi connectivity index (χ0) is 22.1.